The molecule has 1 aliphatic carbocycles. The molecule has 2 rings (SSSR count). The number of amides is 1. The minimum absolute atomic E-state index is 0.285. The van der Waals surface area contributed by atoms with E-state index in [4.69, 9.17) is 0 Å². The Labute approximate surface area is 111 Å². The summed E-state index contributed by atoms with van der Waals surface area (Å²) in [7, 11) is 0. The minimum atomic E-state index is -0.331. The lowest BCUT2D eigenvalue weighted by molar-refractivity contribution is -0.133. The van der Waals surface area contributed by atoms with Crippen LogP contribution in [-0.4, -0.2) is 29.1 Å². The van der Waals surface area contributed by atoms with E-state index >= 15 is 0 Å². The molecule has 0 aromatic carbocycles. The predicted molar refractivity (Wildman–Crippen MR) is 74.1 cm³/mol. The summed E-state index contributed by atoms with van der Waals surface area (Å²) < 4.78 is 0. The topological polar surface area (TPSA) is 32.3 Å². The zero-order valence-electron chi connectivity index (χ0n) is 12.3. The molecule has 0 aromatic rings. The first-order valence-corrected chi connectivity index (χ1v) is 7.56. The van der Waals surface area contributed by atoms with Crippen molar-refractivity contribution < 1.29 is 4.79 Å². The van der Waals surface area contributed by atoms with Gasteiger partial charge in [-0.05, 0) is 38.0 Å². The molecule has 2 atom stereocenters. The summed E-state index contributed by atoms with van der Waals surface area (Å²) in [6, 6.07) is 0. The normalized spacial score (nSPS) is 33.9. The Morgan fingerprint density at radius 1 is 1.39 bits per heavy atom. The van der Waals surface area contributed by atoms with E-state index < -0.39 is 0 Å². The highest BCUT2D eigenvalue weighted by molar-refractivity contribution is 5.88. The lowest BCUT2D eigenvalue weighted by Gasteiger charge is -2.30. The highest BCUT2D eigenvalue weighted by Gasteiger charge is 2.49. The van der Waals surface area contributed by atoms with Crippen LogP contribution in [0.3, 0.4) is 0 Å². The summed E-state index contributed by atoms with van der Waals surface area (Å²) in [6.07, 6.45) is 6.37. The fourth-order valence-electron chi connectivity index (χ4n) is 3.40. The van der Waals surface area contributed by atoms with Crippen LogP contribution in [0.1, 0.15) is 59.8 Å². The quantitative estimate of drug-likeness (QED) is 0.834. The van der Waals surface area contributed by atoms with Gasteiger partial charge in [0.2, 0.25) is 5.91 Å². The van der Waals surface area contributed by atoms with Crippen LogP contribution < -0.4 is 5.32 Å². The molecule has 1 heterocycles. The van der Waals surface area contributed by atoms with Crippen molar-refractivity contribution in [1.29, 1.82) is 0 Å². The zero-order chi connectivity index (χ0) is 13.3. The molecule has 18 heavy (non-hydrogen) atoms. The van der Waals surface area contributed by atoms with Gasteiger partial charge >= 0.3 is 0 Å². The van der Waals surface area contributed by atoms with Gasteiger partial charge in [-0.3, -0.25) is 10.1 Å². The van der Waals surface area contributed by atoms with Crippen LogP contribution >= 0.6 is 0 Å². The second-order valence-corrected chi connectivity index (χ2v) is 6.67. The van der Waals surface area contributed by atoms with Crippen LogP contribution in [0.2, 0.25) is 0 Å². The van der Waals surface area contributed by atoms with E-state index in [-0.39, 0.29) is 11.7 Å². The summed E-state index contributed by atoms with van der Waals surface area (Å²) in [5, 5.41) is 3.64. The van der Waals surface area contributed by atoms with Crippen LogP contribution in [-0.2, 0) is 4.79 Å². The third-order valence-electron chi connectivity index (χ3n) is 4.65. The van der Waals surface area contributed by atoms with Gasteiger partial charge in [-0.15, -0.1) is 0 Å². The van der Waals surface area contributed by atoms with Gasteiger partial charge < -0.3 is 4.90 Å². The van der Waals surface area contributed by atoms with Crippen LogP contribution in [0.25, 0.3) is 0 Å². The summed E-state index contributed by atoms with van der Waals surface area (Å²) in [5.74, 6) is 1.52. The van der Waals surface area contributed by atoms with Crippen molar-refractivity contribution in [3.05, 3.63) is 0 Å². The van der Waals surface area contributed by atoms with Crippen molar-refractivity contribution in [2.75, 3.05) is 6.54 Å². The van der Waals surface area contributed by atoms with E-state index in [1.54, 1.807) is 0 Å². The monoisotopic (exact) mass is 252 g/mol. The second-order valence-electron chi connectivity index (χ2n) is 6.67. The lowest BCUT2D eigenvalue weighted by atomic mass is 9.99. The van der Waals surface area contributed by atoms with Crippen molar-refractivity contribution in [2.45, 2.75) is 71.5 Å². The van der Waals surface area contributed by atoms with E-state index in [1.165, 1.54) is 25.7 Å². The Hall–Kier alpha value is -0.570. The predicted octanol–water partition coefficient (Wildman–Crippen LogP) is 2.76. The number of nitrogens with zero attached hydrogens (tertiary/aromatic N) is 1. The molecule has 2 fully saturated rings. The van der Waals surface area contributed by atoms with Crippen LogP contribution in [0.15, 0.2) is 0 Å². The number of hydrogen-bond donors (Lipinski definition) is 1. The van der Waals surface area contributed by atoms with Crippen molar-refractivity contribution in [1.82, 2.24) is 10.2 Å². The Morgan fingerprint density at radius 2 is 2.00 bits per heavy atom. The molecule has 1 aliphatic heterocycles. The average molecular weight is 252 g/mol. The van der Waals surface area contributed by atoms with Gasteiger partial charge in [0.25, 0.3) is 0 Å². The maximum absolute atomic E-state index is 12.6. The third-order valence-corrected chi connectivity index (χ3v) is 4.65. The van der Waals surface area contributed by atoms with Crippen LogP contribution in [0.4, 0.5) is 0 Å². The highest BCUT2D eigenvalue weighted by atomic mass is 16.2. The molecule has 0 aromatic heterocycles. The highest BCUT2D eigenvalue weighted by Crippen LogP contribution is 2.35. The maximum Gasteiger partial charge on any atom is 0.243 e. The summed E-state index contributed by atoms with van der Waals surface area (Å²) in [4.78, 5) is 14.8. The molecule has 1 amide bonds. The zero-order valence-corrected chi connectivity index (χ0v) is 12.3. The standard InChI is InChI=1S/C15H28N2O/c1-5-15(4)14(18)17(10-11(2)3)13(16-15)12-8-6-7-9-12/h11-13,16H,5-10H2,1-4H3. The number of carbonyl (C=O) groups excluding carboxylic acids is 1. The maximum atomic E-state index is 12.6. The van der Waals surface area contributed by atoms with Crippen molar-refractivity contribution in [3.63, 3.8) is 0 Å². The van der Waals surface area contributed by atoms with E-state index in [0.717, 1.165) is 13.0 Å². The van der Waals surface area contributed by atoms with Crippen molar-refractivity contribution in [3.8, 4) is 0 Å². The Balaban J connectivity index is 2.17. The van der Waals surface area contributed by atoms with Gasteiger partial charge in [-0.25, -0.2) is 0 Å². The van der Waals surface area contributed by atoms with Gasteiger partial charge in [0.15, 0.2) is 0 Å². The van der Waals surface area contributed by atoms with E-state index in [2.05, 4.69) is 37.9 Å². The van der Waals surface area contributed by atoms with Crippen molar-refractivity contribution >= 4 is 5.91 Å². The Bertz CT molecular complexity index is 310. The molecule has 0 bridgehead atoms. The lowest BCUT2D eigenvalue weighted by Crippen LogP contribution is -2.45. The molecule has 104 valence electrons. The third kappa shape index (κ3) is 2.42. The molecule has 2 aliphatic rings. The van der Waals surface area contributed by atoms with E-state index in [1.807, 2.05) is 0 Å². The minimum Gasteiger partial charge on any atom is -0.325 e. The first-order chi connectivity index (χ1) is 8.48. The number of carbonyl (C=O) groups is 1. The number of nitrogens with one attached hydrogen (secondary N) is 1. The fraction of sp³-hybridized carbons (Fsp3) is 0.933. The SMILES string of the molecule is CCC1(C)NC(C2CCCC2)N(CC(C)C)C1=O. The first kappa shape index (κ1) is 13.9. The number of hydrogen-bond acceptors (Lipinski definition) is 2. The first-order valence-electron chi connectivity index (χ1n) is 7.56. The molecule has 0 spiro atoms. The van der Waals surface area contributed by atoms with E-state index in [9.17, 15) is 4.79 Å². The van der Waals surface area contributed by atoms with Gasteiger partial charge in [0, 0.05) is 6.54 Å². The van der Waals surface area contributed by atoms with Crippen LogP contribution in [0, 0.1) is 11.8 Å². The molecule has 0 radical (unpaired) electrons. The van der Waals surface area contributed by atoms with Gasteiger partial charge in [-0.2, -0.15) is 0 Å². The smallest absolute Gasteiger partial charge is 0.243 e. The summed E-state index contributed by atoms with van der Waals surface area (Å²) in [5.41, 5.74) is -0.331. The Kier molecular flexibility index (Phi) is 4.00. The summed E-state index contributed by atoms with van der Waals surface area (Å²) in [6.45, 7) is 9.46. The van der Waals surface area contributed by atoms with Gasteiger partial charge in [0.1, 0.15) is 0 Å². The Morgan fingerprint density at radius 3 is 2.50 bits per heavy atom. The van der Waals surface area contributed by atoms with Crippen molar-refractivity contribution in [2.24, 2.45) is 11.8 Å². The van der Waals surface area contributed by atoms with E-state index in [0.29, 0.717) is 17.7 Å². The molecular weight excluding hydrogens is 224 g/mol. The van der Waals surface area contributed by atoms with Crippen LogP contribution in [0.5, 0.6) is 0 Å². The molecule has 1 N–H and O–H groups in total. The molecule has 1 saturated carbocycles. The average Bonchev–Trinajstić information content (AvgIpc) is 2.91. The molecule has 3 heteroatoms. The molecule has 3 nitrogen and oxygen atoms in total. The second kappa shape index (κ2) is 5.20. The number of rotatable bonds is 4. The fourth-order valence-corrected chi connectivity index (χ4v) is 3.40. The molecular formula is C15H28N2O. The van der Waals surface area contributed by atoms with Gasteiger partial charge in [0.05, 0.1) is 11.7 Å². The molecule has 1 saturated heterocycles. The summed E-state index contributed by atoms with van der Waals surface area (Å²) >= 11 is 0. The van der Waals surface area contributed by atoms with Gasteiger partial charge in [-0.1, -0.05) is 33.6 Å². The molecule has 2 unspecified atom stereocenters. The largest absolute Gasteiger partial charge is 0.325 e.